The molecule has 1 aliphatic heterocycles. The number of nitrogens with one attached hydrogen (secondary N) is 3. The van der Waals surface area contributed by atoms with Crippen molar-refractivity contribution in [3.8, 4) is 11.5 Å². The molecule has 33 heavy (non-hydrogen) atoms. The van der Waals surface area contributed by atoms with E-state index in [-0.39, 0.29) is 18.0 Å². The van der Waals surface area contributed by atoms with Crippen LogP contribution in [0.5, 0.6) is 11.5 Å². The molecular formula is C25H26N4O4. The molecule has 0 radical (unpaired) electrons. The summed E-state index contributed by atoms with van der Waals surface area (Å²) in [5, 5.41) is 5.81. The average molecular weight is 447 g/mol. The van der Waals surface area contributed by atoms with Gasteiger partial charge in [0.25, 0.3) is 5.91 Å². The van der Waals surface area contributed by atoms with Gasteiger partial charge in [-0.2, -0.15) is 5.10 Å². The first kappa shape index (κ1) is 22.4. The number of nitrogens with zero attached hydrogens (tertiary/aromatic N) is 1. The van der Waals surface area contributed by atoms with Crippen LogP contribution in [0, 0.1) is 0 Å². The van der Waals surface area contributed by atoms with Crippen molar-refractivity contribution in [2.45, 2.75) is 32.4 Å². The van der Waals surface area contributed by atoms with E-state index in [9.17, 15) is 9.59 Å². The van der Waals surface area contributed by atoms with Crippen molar-refractivity contribution in [2.75, 3.05) is 6.61 Å². The number of ether oxygens (including phenoxy) is 2. The number of hydrazine groups is 1. The third-order valence-electron chi connectivity index (χ3n) is 5.28. The van der Waals surface area contributed by atoms with Gasteiger partial charge in [0.15, 0.2) is 11.5 Å². The minimum atomic E-state index is -0.465. The Kier molecular flexibility index (Phi) is 6.97. The molecule has 1 fully saturated rings. The molecule has 3 aromatic rings. The molecule has 1 saturated heterocycles. The monoisotopic (exact) mass is 446 g/mol. The Morgan fingerprint density at radius 3 is 2.70 bits per heavy atom. The second-order valence-corrected chi connectivity index (χ2v) is 7.77. The summed E-state index contributed by atoms with van der Waals surface area (Å²) in [6.07, 6.45) is 2.20. The number of carbonyl (C=O) groups excluding carboxylic acids is 2. The smallest absolute Gasteiger partial charge is 0.344 e. The second kappa shape index (κ2) is 10.2. The molecule has 0 aromatic heterocycles. The Hall–Kier alpha value is -3.75. The third kappa shape index (κ3) is 5.36. The molecule has 0 saturated carbocycles. The lowest BCUT2D eigenvalue weighted by Crippen LogP contribution is -2.41. The summed E-state index contributed by atoms with van der Waals surface area (Å²) >= 11 is 0. The lowest BCUT2D eigenvalue weighted by Gasteiger charge is -2.12. The number of esters is 1. The number of carbonyl (C=O) groups is 2. The van der Waals surface area contributed by atoms with Gasteiger partial charge < -0.3 is 9.47 Å². The lowest BCUT2D eigenvalue weighted by molar-refractivity contribution is -0.122. The second-order valence-electron chi connectivity index (χ2n) is 7.77. The summed E-state index contributed by atoms with van der Waals surface area (Å²) in [5.41, 5.74) is 9.63. The first-order valence-electron chi connectivity index (χ1n) is 10.9. The summed E-state index contributed by atoms with van der Waals surface area (Å²) < 4.78 is 11.4. The fourth-order valence-corrected chi connectivity index (χ4v) is 3.65. The van der Waals surface area contributed by atoms with Crippen LogP contribution in [0.3, 0.4) is 0 Å². The molecule has 1 amide bonds. The van der Waals surface area contributed by atoms with Crippen LogP contribution < -0.4 is 25.8 Å². The number of hydrazone groups is 1. The van der Waals surface area contributed by atoms with E-state index in [2.05, 4.69) is 21.4 Å². The predicted molar refractivity (Wildman–Crippen MR) is 126 cm³/mol. The fourth-order valence-electron chi connectivity index (χ4n) is 3.65. The van der Waals surface area contributed by atoms with Crippen molar-refractivity contribution in [1.29, 1.82) is 0 Å². The van der Waals surface area contributed by atoms with Gasteiger partial charge in [0.05, 0.1) is 18.4 Å². The van der Waals surface area contributed by atoms with Gasteiger partial charge in [-0.3, -0.25) is 10.2 Å². The van der Waals surface area contributed by atoms with Gasteiger partial charge in [0.1, 0.15) is 6.04 Å². The number of fused-ring (bicyclic) bond motifs is 1. The quantitative estimate of drug-likeness (QED) is 0.223. The zero-order valence-corrected chi connectivity index (χ0v) is 18.5. The molecule has 1 aliphatic rings. The first-order chi connectivity index (χ1) is 16.0. The molecule has 8 nitrogen and oxygen atoms in total. The number of amides is 1. The highest BCUT2D eigenvalue weighted by Crippen LogP contribution is 2.30. The summed E-state index contributed by atoms with van der Waals surface area (Å²) in [7, 11) is 0. The number of benzene rings is 3. The van der Waals surface area contributed by atoms with Gasteiger partial charge >= 0.3 is 5.97 Å². The predicted octanol–water partition coefficient (Wildman–Crippen LogP) is 3.16. The standard InChI is InChI=1S/C25H26N4O4/c1-3-32-23-14-17(15-26-29-24(30)21-13-16(2)27-28-21)11-12-22(23)33-25(31)20-10-6-8-18-7-4-5-9-19(18)20/h4-12,14-16,21,27-28H,3,13H2,1-2H3,(H,29,30)/b26-15+. The van der Waals surface area contributed by atoms with Crippen LogP contribution in [-0.2, 0) is 4.79 Å². The van der Waals surface area contributed by atoms with E-state index in [0.717, 1.165) is 10.8 Å². The molecule has 0 spiro atoms. The highest BCUT2D eigenvalue weighted by atomic mass is 16.6. The maximum Gasteiger partial charge on any atom is 0.344 e. The van der Waals surface area contributed by atoms with E-state index in [4.69, 9.17) is 9.47 Å². The van der Waals surface area contributed by atoms with E-state index >= 15 is 0 Å². The fraction of sp³-hybridized carbons (Fsp3) is 0.240. The Labute approximate surface area is 191 Å². The highest BCUT2D eigenvalue weighted by Gasteiger charge is 2.26. The zero-order chi connectivity index (χ0) is 23.2. The minimum Gasteiger partial charge on any atom is -0.490 e. The average Bonchev–Trinajstić information content (AvgIpc) is 3.26. The van der Waals surface area contributed by atoms with Crippen LogP contribution in [0.1, 0.15) is 36.2 Å². The molecule has 0 bridgehead atoms. The van der Waals surface area contributed by atoms with Crippen LogP contribution in [0.2, 0.25) is 0 Å². The molecule has 1 heterocycles. The van der Waals surface area contributed by atoms with Gasteiger partial charge in [0, 0.05) is 6.04 Å². The minimum absolute atomic E-state index is 0.214. The van der Waals surface area contributed by atoms with E-state index in [1.165, 1.54) is 6.21 Å². The SMILES string of the molecule is CCOc1cc(/C=N/NC(=O)C2CC(C)NN2)ccc1OC(=O)c1cccc2ccccc12. The number of hydrogen-bond donors (Lipinski definition) is 3. The normalized spacial score (nSPS) is 17.9. The van der Waals surface area contributed by atoms with E-state index in [1.807, 2.05) is 50.2 Å². The van der Waals surface area contributed by atoms with Gasteiger partial charge in [0.2, 0.25) is 0 Å². The summed E-state index contributed by atoms with van der Waals surface area (Å²) in [5.74, 6) is 0.0464. The Morgan fingerprint density at radius 1 is 1.09 bits per heavy atom. The van der Waals surface area contributed by atoms with Crippen LogP contribution in [0.25, 0.3) is 10.8 Å². The Balaban J connectivity index is 1.47. The van der Waals surface area contributed by atoms with E-state index in [0.29, 0.717) is 35.7 Å². The summed E-state index contributed by atoms with van der Waals surface area (Å²) in [4.78, 5) is 25.0. The lowest BCUT2D eigenvalue weighted by atomic mass is 10.0. The first-order valence-corrected chi connectivity index (χ1v) is 10.9. The van der Waals surface area contributed by atoms with Crippen molar-refractivity contribution in [1.82, 2.24) is 16.3 Å². The highest BCUT2D eigenvalue weighted by molar-refractivity contribution is 6.05. The largest absolute Gasteiger partial charge is 0.490 e. The van der Waals surface area contributed by atoms with Gasteiger partial charge in [-0.25, -0.2) is 15.6 Å². The molecular weight excluding hydrogens is 420 g/mol. The zero-order valence-electron chi connectivity index (χ0n) is 18.5. The third-order valence-corrected chi connectivity index (χ3v) is 5.28. The number of hydrogen-bond acceptors (Lipinski definition) is 7. The van der Waals surface area contributed by atoms with Crippen LogP contribution in [0.15, 0.2) is 65.8 Å². The summed E-state index contributed by atoms with van der Waals surface area (Å²) in [6.45, 7) is 4.24. The Morgan fingerprint density at radius 2 is 1.91 bits per heavy atom. The Bertz CT molecular complexity index is 1190. The maximum absolute atomic E-state index is 12.9. The van der Waals surface area contributed by atoms with E-state index < -0.39 is 5.97 Å². The molecule has 3 N–H and O–H groups in total. The molecule has 2 unspecified atom stereocenters. The van der Waals surface area contributed by atoms with Crippen LogP contribution in [-0.4, -0.2) is 36.8 Å². The van der Waals surface area contributed by atoms with Crippen molar-refractivity contribution in [3.63, 3.8) is 0 Å². The van der Waals surface area contributed by atoms with Crippen molar-refractivity contribution in [2.24, 2.45) is 5.10 Å². The number of rotatable bonds is 7. The van der Waals surface area contributed by atoms with Crippen LogP contribution >= 0.6 is 0 Å². The van der Waals surface area contributed by atoms with E-state index in [1.54, 1.807) is 24.3 Å². The molecule has 2 atom stereocenters. The van der Waals surface area contributed by atoms with Crippen molar-refractivity contribution in [3.05, 3.63) is 71.8 Å². The van der Waals surface area contributed by atoms with Crippen LogP contribution in [0.4, 0.5) is 0 Å². The van der Waals surface area contributed by atoms with Gasteiger partial charge in [-0.1, -0.05) is 36.4 Å². The molecule has 3 aromatic carbocycles. The molecule has 0 aliphatic carbocycles. The van der Waals surface area contributed by atoms with Crippen molar-refractivity contribution >= 4 is 28.9 Å². The van der Waals surface area contributed by atoms with Crippen molar-refractivity contribution < 1.29 is 19.1 Å². The molecule has 170 valence electrons. The van der Waals surface area contributed by atoms with Gasteiger partial charge in [-0.15, -0.1) is 0 Å². The maximum atomic E-state index is 12.9. The van der Waals surface area contributed by atoms with Gasteiger partial charge in [-0.05, 0) is 60.9 Å². The molecule has 4 rings (SSSR count). The molecule has 8 heteroatoms. The topological polar surface area (TPSA) is 101 Å². The summed E-state index contributed by atoms with van der Waals surface area (Å²) in [6, 6.07) is 18.2.